The average Bonchev–Trinajstić information content (AvgIpc) is 3.55. The largest absolute Gasteiger partial charge is 0.507 e. The third-order valence-electron chi connectivity index (χ3n) is 6.20. The zero-order chi connectivity index (χ0) is 26.6. The number of ether oxygens (including phenoxy) is 1. The van der Waals surface area contributed by atoms with Crippen LogP contribution < -0.4 is 4.74 Å². The highest BCUT2D eigenvalue weighted by molar-refractivity contribution is 6.46. The molecule has 9 heteroatoms. The minimum Gasteiger partial charge on any atom is -0.507 e. The number of carbonyl (C=O) groups is 2. The van der Waals surface area contributed by atoms with Crippen molar-refractivity contribution in [1.29, 1.82) is 0 Å². The zero-order valence-electron chi connectivity index (χ0n) is 20.0. The van der Waals surface area contributed by atoms with Gasteiger partial charge in [0.1, 0.15) is 23.9 Å². The Morgan fingerprint density at radius 2 is 1.76 bits per heavy atom. The second kappa shape index (κ2) is 10.4. The van der Waals surface area contributed by atoms with Crippen molar-refractivity contribution < 1.29 is 28.8 Å². The number of nitro groups is 1. The number of amides is 1. The lowest BCUT2D eigenvalue weighted by atomic mass is 9.95. The third kappa shape index (κ3) is 4.90. The fourth-order valence-corrected chi connectivity index (χ4v) is 4.40. The van der Waals surface area contributed by atoms with Gasteiger partial charge in [0.2, 0.25) is 0 Å². The highest BCUT2D eigenvalue weighted by Gasteiger charge is 2.46. The molecule has 1 aromatic heterocycles. The van der Waals surface area contributed by atoms with Crippen LogP contribution in [0.3, 0.4) is 0 Å². The molecular weight excluding hydrogens is 488 g/mol. The van der Waals surface area contributed by atoms with Crippen molar-refractivity contribution in [2.24, 2.45) is 0 Å². The number of hydrogen-bond donors (Lipinski definition) is 1. The molecule has 0 bridgehead atoms. The van der Waals surface area contributed by atoms with Crippen molar-refractivity contribution in [2.45, 2.75) is 19.2 Å². The number of benzene rings is 3. The zero-order valence-corrected chi connectivity index (χ0v) is 20.0. The van der Waals surface area contributed by atoms with Gasteiger partial charge >= 0.3 is 0 Å². The molecule has 1 aliphatic rings. The van der Waals surface area contributed by atoms with Gasteiger partial charge in [0.05, 0.1) is 29.3 Å². The van der Waals surface area contributed by atoms with E-state index in [-0.39, 0.29) is 23.4 Å². The van der Waals surface area contributed by atoms with Crippen LogP contribution in [-0.2, 0) is 22.7 Å². The van der Waals surface area contributed by atoms with Crippen LogP contribution in [0.4, 0.5) is 5.69 Å². The summed E-state index contributed by atoms with van der Waals surface area (Å²) in [4.78, 5) is 38.4. The number of likely N-dealkylation sites (tertiary alicyclic amines) is 1. The molecule has 1 unspecified atom stereocenters. The molecular formula is C29H22N2O7. The van der Waals surface area contributed by atoms with E-state index in [1.165, 1.54) is 29.4 Å². The molecule has 0 radical (unpaired) electrons. The van der Waals surface area contributed by atoms with Gasteiger partial charge in [-0.3, -0.25) is 19.7 Å². The van der Waals surface area contributed by atoms with Crippen LogP contribution in [0.15, 0.2) is 107 Å². The predicted octanol–water partition coefficient (Wildman–Crippen LogP) is 5.39. The Balaban J connectivity index is 1.57. The van der Waals surface area contributed by atoms with Crippen LogP contribution in [0.5, 0.6) is 5.75 Å². The summed E-state index contributed by atoms with van der Waals surface area (Å²) in [6.45, 7) is 0.285. The number of aliphatic hydroxyl groups excluding tert-OH is 1. The van der Waals surface area contributed by atoms with E-state index in [1.54, 1.807) is 36.4 Å². The Labute approximate surface area is 217 Å². The van der Waals surface area contributed by atoms with Crippen molar-refractivity contribution in [3.05, 3.63) is 135 Å². The van der Waals surface area contributed by atoms with Gasteiger partial charge < -0.3 is 19.2 Å². The number of aliphatic hydroxyl groups is 1. The first-order valence-corrected chi connectivity index (χ1v) is 11.7. The molecule has 1 aliphatic heterocycles. The van der Waals surface area contributed by atoms with Crippen molar-refractivity contribution in [3.63, 3.8) is 0 Å². The lowest BCUT2D eigenvalue weighted by Gasteiger charge is -2.25. The molecule has 1 fully saturated rings. The molecule has 1 atom stereocenters. The molecule has 0 saturated carbocycles. The fourth-order valence-electron chi connectivity index (χ4n) is 4.40. The quantitative estimate of drug-likeness (QED) is 0.111. The molecule has 5 rings (SSSR count). The third-order valence-corrected chi connectivity index (χ3v) is 6.20. The molecule has 3 aromatic carbocycles. The van der Waals surface area contributed by atoms with Gasteiger partial charge in [0, 0.05) is 17.7 Å². The van der Waals surface area contributed by atoms with E-state index in [0.717, 1.165) is 11.6 Å². The van der Waals surface area contributed by atoms with Gasteiger partial charge in [0.15, 0.2) is 0 Å². The van der Waals surface area contributed by atoms with Crippen LogP contribution in [0.2, 0.25) is 0 Å². The first-order chi connectivity index (χ1) is 18.4. The summed E-state index contributed by atoms with van der Waals surface area (Å²) >= 11 is 0. The number of carbonyl (C=O) groups excluding carboxylic acids is 2. The summed E-state index contributed by atoms with van der Waals surface area (Å²) in [7, 11) is 0. The van der Waals surface area contributed by atoms with Crippen LogP contribution in [0.1, 0.15) is 28.5 Å². The molecule has 0 spiro atoms. The molecule has 9 nitrogen and oxygen atoms in total. The minimum absolute atomic E-state index is 0.0247. The van der Waals surface area contributed by atoms with Crippen LogP contribution in [-0.4, -0.2) is 26.6 Å². The van der Waals surface area contributed by atoms with Crippen molar-refractivity contribution in [1.82, 2.24) is 4.90 Å². The number of nitrogens with zero attached hydrogens (tertiary/aromatic N) is 2. The number of nitro benzene ring substituents is 1. The number of hydrogen-bond acceptors (Lipinski definition) is 7. The minimum atomic E-state index is -0.986. The lowest BCUT2D eigenvalue weighted by molar-refractivity contribution is -0.384. The summed E-state index contributed by atoms with van der Waals surface area (Å²) < 4.78 is 11.4. The predicted molar refractivity (Wildman–Crippen MR) is 137 cm³/mol. The van der Waals surface area contributed by atoms with E-state index in [2.05, 4.69) is 0 Å². The number of non-ortho nitro benzene ring substituents is 1. The molecule has 2 heterocycles. The second-order valence-electron chi connectivity index (χ2n) is 8.66. The van der Waals surface area contributed by atoms with Crippen molar-refractivity contribution >= 4 is 23.1 Å². The monoisotopic (exact) mass is 510 g/mol. The number of rotatable bonds is 8. The molecule has 38 heavy (non-hydrogen) atoms. The summed E-state index contributed by atoms with van der Waals surface area (Å²) in [5, 5.41) is 22.5. The molecule has 1 N–H and O–H groups in total. The van der Waals surface area contributed by atoms with Crippen LogP contribution in [0, 0.1) is 10.1 Å². The van der Waals surface area contributed by atoms with Gasteiger partial charge in [-0.1, -0.05) is 54.6 Å². The van der Waals surface area contributed by atoms with Gasteiger partial charge in [0.25, 0.3) is 17.4 Å². The van der Waals surface area contributed by atoms with Crippen molar-refractivity contribution in [3.8, 4) is 5.75 Å². The SMILES string of the molecule is O=C1C(=O)N(Cc2ccco2)C(c2cccc(OCc3ccccc3)c2)/C1=C(/O)c1cccc([N+](=O)[O-])c1. The number of furan rings is 1. The topological polar surface area (TPSA) is 123 Å². The maximum atomic E-state index is 13.3. The maximum absolute atomic E-state index is 13.3. The smallest absolute Gasteiger partial charge is 0.296 e. The Morgan fingerprint density at radius 3 is 2.50 bits per heavy atom. The Kier molecular flexibility index (Phi) is 6.73. The summed E-state index contributed by atoms with van der Waals surface area (Å²) in [5.74, 6) is -1.28. The normalized spacial score (nSPS) is 16.5. The van der Waals surface area contributed by atoms with Crippen molar-refractivity contribution in [2.75, 3.05) is 0 Å². The van der Waals surface area contributed by atoms with E-state index < -0.39 is 28.4 Å². The molecule has 190 valence electrons. The molecule has 1 amide bonds. The van der Waals surface area contributed by atoms with Gasteiger partial charge in [-0.15, -0.1) is 0 Å². The first-order valence-electron chi connectivity index (χ1n) is 11.7. The van der Waals surface area contributed by atoms with E-state index in [9.17, 15) is 24.8 Å². The summed E-state index contributed by atoms with van der Waals surface area (Å²) in [5.41, 5.74) is 1.10. The van der Waals surface area contributed by atoms with Gasteiger partial charge in [-0.2, -0.15) is 0 Å². The van der Waals surface area contributed by atoms with Gasteiger partial charge in [-0.05, 0) is 35.4 Å². The Hall–Kier alpha value is -5.18. The maximum Gasteiger partial charge on any atom is 0.296 e. The number of ketones is 1. The highest BCUT2D eigenvalue weighted by Crippen LogP contribution is 2.41. The van der Waals surface area contributed by atoms with E-state index in [0.29, 0.717) is 23.7 Å². The molecule has 4 aromatic rings. The van der Waals surface area contributed by atoms with E-state index in [1.807, 2.05) is 30.3 Å². The summed E-state index contributed by atoms with van der Waals surface area (Å²) in [6, 6.07) is 24.1. The van der Waals surface area contributed by atoms with Gasteiger partial charge in [-0.25, -0.2) is 0 Å². The summed E-state index contributed by atoms with van der Waals surface area (Å²) in [6.07, 6.45) is 1.46. The van der Waals surface area contributed by atoms with E-state index in [4.69, 9.17) is 9.15 Å². The average molecular weight is 511 g/mol. The van der Waals surface area contributed by atoms with E-state index >= 15 is 0 Å². The lowest BCUT2D eigenvalue weighted by Crippen LogP contribution is -2.29. The fraction of sp³-hybridized carbons (Fsp3) is 0.103. The Morgan fingerprint density at radius 1 is 0.974 bits per heavy atom. The second-order valence-corrected chi connectivity index (χ2v) is 8.66. The number of Topliss-reactive ketones (excluding diaryl/α,β-unsaturated/α-hetero) is 1. The highest BCUT2D eigenvalue weighted by atomic mass is 16.6. The standard InChI is InChI=1S/C29H22N2O7/c32-27(21-10-4-11-22(15-21)31(35)36)25-26(30(29(34)28(25)33)17-24-13-6-14-37-24)20-9-5-12-23(16-20)38-18-19-7-2-1-3-8-19/h1-16,26,32H,17-18H2/b27-25-. The van der Waals surface area contributed by atoms with Crippen LogP contribution in [0.25, 0.3) is 5.76 Å². The molecule has 1 saturated heterocycles. The Bertz CT molecular complexity index is 1530. The molecule has 0 aliphatic carbocycles. The van der Waals surface area contributed by atoms with Crippen LogP contribution >= 0.6 is 0 Å². The first kappa shape index (κ1) is 24.5.